The Kier molecular flexibility index (Phi) is 4.26. The Morgan fingerprint density at radius 3 is 2.56 bits per heavy atom. The molecule has 0 amide bonds. The van der Waals surface area contributed by atoms with Crippen molar-refractivity contribution in [1.29, 1.82) is 0 Å². The fourth-order valence-corrected chi connectivity index (χ4v) is 3.32. The molecule has 5 atom stereocenters. The second-order valence-corrected chi connectivity index (χ2v) is 6.03. The van der Waals surface area contributed by atoms with Gasteiger partial charge in [-0.2, -0.15) is 0 Å². The van der Waals surface area contributed by atoms with Crippen LogP contribution in [0.2, 0.25) is 0 Å². The molecule has 1 heterocycles. The first-order chi connectivity index (χ1) is 7.66. The molecule has 0 spiro atoms. The Morgan fingerprint density at radius 1 is 1.12 bits per heavy atom. The number of hydrogen-bond donors (Lipinski definition) is 1. The average Bonchev–Trinajstić information content (AvgIpc) is 2.63. The SMILES string of the molecule is CC1CCC(NCC2CCOC2C)C(C)C1. The standard InChI is InChI=1S/C14H27NO/c1-10-4-5-14(11(2)8-10)15-9-13-6-7-16-12(13)3/h10-15H,4-9H2,1-3H3. The van der Waals surface area contributed by atoms with E-state index < -0.39 is 0 Å². The van der Waals surface area contributed by atoms with E-state index in [2.05, 4.69) is 26.1 Å². The maximum absolute atomic E-state index is 5.61. The van der Waals surface area contributed by atoms with Crippen molar-refractivity contribution in [3.63, 3.8) is 0 Å². The Hall–Kier alpha value is -0.0800. The van der Waals surface area contributed by atoms with Gasteiger partial charge in [0.25, 0.3) is 0 Å². The van der Waals surface area contributed by atoms with Crippen LogP contribution in [0.25, 0.3) is 0 Å². The van der Waals surface area contributed by atoms with Crippen LogP contribution < -0.4 is 5.32 Å². The van der Waals surface area contributed by atoms with Crippen molar-refractivity contribution in [3.8, 4) is 0 Å². The van der Waals surface area contributed by atoms with Crippen LogP contribution in [0.3, 0.4) is 0 Å². The van der Waals surface area contributed by atoms with Crippen LogP contribution in [0.1, 0.15) is 46.5 Å². The molecule has 16 heavy (non-hydrogen) atoms. The molecular weight excluding hydrogens is 198 g/mol. The van der Waals surface area contributed by atoms with E-state index in [1.54, 1.807) is 0 Å². The molecule has 0 aromatic rings. The van der Waals surface area contributed by atoms with Crippen molar-refractivity contribution in [1.82, 2.24) is 5.32 Å². The van der Waals surface area contributed by atoms with Crippen LogP contribution in [0.5, 0.6) is 0 Å². The normalized spacial score (nSPS) is 44.8. The van der Waals surface area contributed by atoms with Crippen molar-refractivity contribution in [3.05, 3.63) is 0 Å². The van der Waals surface area contributed by atoms with Gasteiger partial charge in [-0.25, -0.2) is 0 Å². The maximum Gasteiger partial charge on any atom is 0.0588 e. The molecule has 1 saturated carbocycles. The average molecular weight is 225 g/mol. The molecule has 94 valence electrons. The topological polar surface area (TPSA) is 21.3 Å². The van der Waals surface area contributed by atoms with E-state index in [1.807, 2.05) is 0 Å². The summed E-state index contributed by atoms with van der Waals surface area (Å²) >= 11 is 0. The smallest absolute Gasteiger partial charge is 0.0588 e. The van der Waals surface area contributed by atoms with Gasteiger partial charge in [-0.15, -0.1) is 0 Å². The molecule has 0 radical (unpaired) electrons. The molecule has 1 saturated heterocycles. The van der Waals surface area contributed by atoms with E-state index in [1.165, 1.54) is 25.7 Å². The molecule has 0 bridgehead atoms. The lowest BCUT2D eigenvalue weighted by molar-refractivity contribution is 0.103. The Labute approximate surface area is 100 Å². The van der Waals surface area contributed by atoms with Gasteiger partial charge in [-0.05, 0) is 50.4 Å². The lowest BCUT2D eigenvalue weighted by atomic mass is 9.79. The minimum absolute atomic E-state index is 0.463. The van der Waals surface area contributed by atoms with Gasteiger partial charge < -0.3 is 10.1 Å². The van der Waals surface area contributed by atoms with Gasteiger partial charge in [0.2, 0.25) is 0 Å². The highest BCUT2D eigenvalue weighted by Crippen LogP contribution is 2.29. The summed E-state index contributed by atoms with van der Waals surface area (Å²) in [6.45, 7) is 9.13. The van der Waals surface area contributed by atoms with Crippen molar-refractivity contribution < 1.29 is 4.74 Å². The van der Waals surface area contributed by atoms with E-state index in [0.717, 1.165) is 36.9 Å². The molecule has 2 heteroatoms. The fraction of sp³-hybridized carbons (Fsp3) is 1.00. The van der Waals surface area contributed by atoms with E-state index in [0.29, 0.717) is 6.10 Å². The lowest BCUT2D eigenvalue weighted by Gasteiger charge is -2.34. The summed E-state index contributed by atoms with van der Waals surface area (Å²) in [5.41, 5.74) is 0. The van der Waals surface area contributed by atoms with Crippen molar-refractivity contribution in [2.45, 2.75) is 58.6 Å². The first-order valence-corrected chi connectivity index (χ1v) is 7.01. The van der Waals surface area contributed by atoms with Gasteiger partial charge in [0.15, 0.2) is 0 Å². The quantitative estimate of drug-likeness (QED) is 0.797. The molecule has 2 rings (SSSR count). The monoisotopic (exact) mass is 225 g/mol. The molecule has 0 aromatic heterocycles. The van der Waals surface area contributed by atoms with Gasteiger partial charge in [-0.3, -0.25) is 0 Å². The molecule has 0 aromatic carbocycles. The van der Waals surface area contributed by atoms with Crippen molar-refractivity contribution >= 4 is 0 Å². The van der Waals surface area contributed by atoms with Gasteiger partial charge in [-0.1, -0.05) is 13.8 Å². The second kappa shape index (κ2) is 5.50. The highest BCUT2D eigenvalue weighted by Gasteiger charge is 2.28. The van der Waals surface area contributed by atoms with Gasteiger partial charge >= 0.3 is 0 Å². The molecule has 1 aliphatic heterocycles. The third kappa shape index (κ3) is 2.98. The van der Waals surface area contributed by atoms with Crippen molar-refractivity contribution in [2.24, 2.45) is 17.8 Å². The summed E-state index contributed by atoms with van der Waals surface area (Å²) in [5.74, 6) is 2.52. The zero-order chi connectivity index (χ0) is 11.5. The van der Waals surface area contributed by atoms with Gasteiger partial charge in [0.05, 0.1) is 6.10 Å². The zero-order valence-corrected chi connectivity index (χ0v) is 11.0. The summed E-state index contributed by atoms with van der Waals surface area (Å²) in [6.07, 6.45) is 5.87. The summed E-state index contributed by atoms with van der Waals surface area (Å²) in [7, 11) is 0. The number of nitrogens with one attached hydrogen (secondary N) is 1. The maximum atomic E-state index is 5.61. The van der Waals surface area contributed by atoms with Crippen LogP contribution in [-0.4, -0.2) is 25.3 Å². The van der Waals surface area contributed by atoms with Crippen LogP contribution in [0.15, 0.2) is 0 Å². The minimum atomic E-state index is 0.463. The first-order valence-electron chi connectivity index (χ1n) is 7.01. The highest BCUT2D eigenvalue weighted by atomic mass is 16.5. The first kappa shape index (κ1) is 12.4. The molecule has 1 aliphatic carbocycles. The number of rotatable bonds is 3. The lowest BCUT2D eigenvalue weighted by Crippen LogP contribution is -2.42. The Bertz CT molecular complexity index is 219. The van der Waals surface area contributed by atoms with Crippen LogP contribution in [0.4, 0.5) is 0 Å². The van der Waals surface area contributed by atoms with E-state index in [-0.39, 0.29) is 0 Å². The second-order valence-electron chi connectivity index (χ2n) is 6.03. The predicted molar refractivity (Wildman–Crippen MR) is 67.5 cm³/mol. The third-order valence-electron chi connectivity index (χ3n) is 4.61. The highest BCUT2D eigenvalue weighted by molar-refractivity contribution is 4.83. The molecule has 2 nitrogen and oxygen atoms in total. The van der Waals surface area contributed by atoms with Crippen LogP contribution in [-0.2, 0) is 4.74 Å². The van der Waals surface area contributed by atoms with Gasteiger partial charge in [0, 0.05) is 19.2 Å². The minimum Gasteiger partial charge on any atom is -0.378 e. The van der Waals surface area contributed by atoms with E-state index in [4.69, 9.17) is 4.74 Å². The summed E-state index contributed by atoms with van der Waals surface area (Å²) in [4.78, 5) is 0. The number of hydrogen-bond acceptors (Lipinski definition) is 2. The predicted octanol–water partition coefficient (Wildman–Crippen LogP) is 2.83. The largest absolute Gasteiger partial charge is 0.378 e. The molecule has 2 fully saturated rings. The third-order valence-corrected chi connectivity index (χ3v) is 4.61. The van der Waals surface area contributed by atoms with Crippen LogP contribution >= 0.6 is 0 Å². The Balaban J connectivity index is 1.73. The van der Waals surface area contributed by atoms with Crippen LogP contribution in [0, 0.1) is 17.8 Å². The Morgan fingerprint density at radius 2 is 1.94 bits per heavy atom. The zero-order valence-electron chi connectivity index (χ0n) is 11.0. The molecule has 2 aliphatic rings. The van der Waals surface area contributed by atoms with Crippen molar-refractivity contribution in [2.75, 3.05) is 13.2 Å². The summed E-state index contributed by atoms with van der Waals surface area (Å²) in [6, 6.07) is 0.754. The van der Waals surface area contributed by atoms with Gasteiger partial charge in [0.1, 0.15) is 0 Å². The number of ether oxygens (including phenoxy) is 1. The summed E-state index contributed by atoms with van der Waals surface area (Å²) < 4.78 is 5.61. The molecular formula is C14H27NO. The molecule has 1 N–H and O–H groups in total. The molecule has 5 unspecified atom stereocenters. The van der Waals surface area contributed by atoms with E-state index >= 15 is 0 Å². The fourth-order valence-electron chi connectivity index (χ4n) is 3.32. The summed E-state index contributed by atoms with van der Waals surface area (Å²) in [5, 5.41) is 3.78. The van der Waals surface area contributed by atoms with E-state index in [9.17, 15) is 0 Å².